The van der Waals surface area contributed by atoms with E-state index in [0.717, 1.165) is 25.0 Å². The van der Waals surface area contributed by atoms with Crippen LogP contribution in [0.15, 0.2) is 11.8 Å². The van der Waals surface area contributed by atoms with E-state index >= 15 is 0 Å². The summed E-state index contributed by atoms with van der Waals surface area (Å²) in [6, 6.07) is 1.89. The van der Waals surface area contributed by atoms with Crippen LogP contribution in [-0.2, 0) is 4.43 Å². The fourth-order valence-electron chi connectivity index (χ4n) is 1.71. The number of hydrogen-bond donors (Lipinski definition) is 1. The third-order valence-electron chi connectivity index (χ3n) is 2.43. The lowest BCUT2D eigenvalue weighted by atomic mass is 9.89. The summed E-state index contributed by atoms with van der Waals surface area (Å²) in [5.41, 5.74) is 0. The maximum absolute atomic E-state index is 9.38. The molecule has 1 aliphatic rings. The van der Waals surface area contributed by atoms with Crippen LogP contribution in [0.3, 0.4) is 0 Å². The number of hydrogen-bond acceptors (Lipinski definition) is 3. The van der Waals surface area contributed by atoms with Gasteiger partial charge in [0, 0.05) is 12.3 Å². The van der Waals surface area contributed by atoms with Crippen molar-refractivity contribution in [3.8, 4) is 6.07 Å². The van der Waals surface area contributed by atoms with Crippen molar-refractivity contribution in [3.05, 3.63) is 11.8 Å². The molecule has 1 N–H and O–H groups in total. The van der Waals surface area contributed by atoms with Gasteiger partial charge in [0.25, 0.3) is 0 Å². The third kappa shape index (κ3) is 4.06. The molecule has 0 fully saturated rings. The zero-order chi connectivity index (χ0) is 11.5. The molecule has 0 aromatic carbocycles. The molecule has 1 rings (SSSR count). The molecule has 0 spiro atoms. The van der Waals surface area contributed by atoms with Crippen LogP contribution in [0.1, 0.15) is 19.3 Å². The third-order valence-corrected chi connectivity index (χ3v) is 3.30. The largest absolute Gasteiger partial charge is 0.548 e. The molecule has 15 heavy (non-hydrogen) atoms. The number of rotatable bonds is 3. The molecule has 4 heteroatoms. The lowest BCUT2D eigenvalue weighted by molar-refractivity contribution is 0.146. The quantitative estimate of drug-likeness (QED) is 0.593. The lowest BCUT2D eigenvalue weighted by Gasteiger charge is -2.27. The molecule has 0 amide bonds. The van der Waals surface area contributed by atoms with Crippen molar-refractivity contribution in [2.24, 2.45) is 5.92 Å². The molecule has 0 unspecified atom stereocenters. The highest BCUT2D eigenvalue weighted by Crippen LogP contribution is 2.28. The van der Waals surface area contributed by atoms with E-state index in [2.05, 4.69) is 19.6 Å². The lowest BCUT2D eigenvalue weighted by Crippen LogP contribution is -2.27. The Labute approximate surface area is 92.5 Å². The monoisotopic (exact) mass is 225 g/mol. The van der Waals surface area contributed by atoms with Crippen molar-refractivity contribution < 1.29 is 9.53 Å². The molecule has 0 bridgehead atoms. The van der Waals surface area contributed by atoms with Gasteiger partial charge >= 0.3 is 0 Å². The Hall–Kier alpha value is -0.793. The van der Waals surface area contributed by atoms with Crippen LogP contribution < -0.4 is 0 Å². The van der Waals surface area contributed by atoms with E-state index in [1.165, 1.54) is 0 Å². The van der Waals surface area contributed by atoms with Crippen molar-refractivity contribution in [1.82, 2.24) is 0 Å². The summed E-state index contributed by atoms with van der Waals surface area (Å²) in [4.78, 5) is 0. The van der Waals surface area contributed by atoms with Gasteiger partial charge in [-0.25, -0.2) is 0 Å². The van der Waals surface area contributed by atoms with Crippen LogP contribution in [0.4, 0.5) is 0 Å². The summed E-state index contributed by atoms with van der Waals surface area (Å²) in [5, 5.41) is 18.0. The molecule has 0 heterocycles. The highest BCUT2D eigenvalue weighted by atomic mass is 28.4. The summed E-state index contributed by atoms with van der Waals surface area (Å²) in [5.74, 6) is 1.14. The number of nitrogens with zero attached hydrogens (tertiary/aromatic N) is 1. The Morgan fingerprint density at radius 1 is 1.60 bits per heavy atom. The average molecular weight is 225 g/mol. The van der Waals surface area contributed by atoms with Crippen molar-refractivity contribution in [3.63, 3.8) is 0 Å². The Kier molecular flexibility index (Phi) is 3.94. The maximum atomic E-state index is 9.38. The van der Waals surface area contributed by atoms with Crippen LogP contribution in [0, 0.1) is 17.2 Å². The number of aliphatic hydroxyl groups excluding tert-OH is 1. The fraction of sp³-hybridized carbons (Fsp3) is 0.727. The zero-order valence-corrected chi connectivity index (χ0v) is 10.7. The van der Waals surface area contributed by atoms with E-state index in [1.807, 2.05) is 12.1 Å². The summed E-state index contributed by atoms with van der Waals surface area (Å²) in [7, 11) is -1.50. The van der Waals surface area contributed by atoms with Crippen LogP contribution in [-0.4, -0.2) is 19.5 Å². The SMILES string of the molecule is C[Si](C)(C)OC1=CC[C@H]([C@H](O)C#N)CC1. The normalized spacial score (nSPS) is 23.9. The second-order valence-corrected chi connectivity index (χ2v) is 9.42. The van der Waals surface area contributed by atoms with Crippen molar-refractivity contribution in [2.75, 3.05) is 0 Å². The molecule has 0 aromatic heterocycles. The Morgan fingerprint density at radius 3 is 2.67 bits per heavy atom. The van der Waals surface area contributed by atoms with E-state index < -0.39 is 14.4 Å². The molecule has 0 saturated heterocycles. The summed E-state index contributed by atoms with van der Waals surface area (Å²) < 4.78 is 5.88. The summed E-state index contributed by atoms with van der Waals surface area (Å²) in [6.45, 7) is 6.47. The zero-order valence-electron chi connectivity index (χ0n) is 9.66. The van der Waals surface area contributed by atoms with E-state index in [-0.39, 0.29) is 5.92 Å². The first-order valence-electron chi connectivity index (χ1n) is 5.38. The van der Waals surface area contributed by atoms with Gasteiger partial charge < -0.3 is 9.53 Å². The van der Waals surface area contributed by atoms with Gasteiger partial charge in [-0.15, -0.1) is 0 Å². The smallest absolute Gasteiger partial charge is 0.241 e. The Morgan fingerprint density at radius 2 is 2.27 bits per heavy atom. The van der Waals surface area contributed by atoms with E-state index in [1.54, 1.807) is 0 Å². The van der Waals surface area contributed by atoms with Crippen molar-refractivity contribution >= 4 is 8.32 Å². The van der Waals surface area contributed by atoms with Gasteiger partial charge in [0.2, 0.25) is 8.32 Å². The average Bonchev–Trinajstić information content (AvgIpc) is 2.15. The number of allylic oxidation sites excluding steroid dienone is 2. The molecular weight excluding hydrogens is 206 g/mol. The second kappa shape index (κ2) is 4.82. The van der Waals surface area contributed by atoms with Gasteiger partial charge in [0.05, 0.1) is 11.8 Å². The highest BCUT2D eigenvalue weighted by molar-refractivity contribution is 6.70. The topological polar surface area (TPSA) is 53.2 Å². The summed E-state index contributed by atoms with van der Waals surface area (Å²) >= 11 is 0. The Bertz CT molecular complexity index is 288. The summed E-state index contributed by atoms with van der Waals surface area (Å²) in [6.07, 6.45) is 3.68. The van der Waals surface area contributed by atoms with Gasteiger partial charge in [0.15, 0.2) is 0 Å². The molecule has 2 atom stereocenters. The number of nitriles is 1. The minimum Gasteiger partial charge on any atom is -0.548 e. The standard InChI is InChI=1S/C11H19NO2Si/c1-15(2,3)14-10-6-4-9(5-7-10)11(13)8-12/h6,9,11,13H,4-5,7H2,1-3H3/t9-,11+/m0/s1. The molecule has 3 nitrogen and oxygen atoms in total. The second-order valence-electron chi connectivity index (χ2n) is 4.99. The van der Waals surface area contributed by atoms with E-state index in [4.69, 9.17) is 9.69 Å². The van der Waals surface area contributed by atoms with Gasteiger partial charge in [-0.2, -0.15) is 5.26 Å². The maximum Gasteiger partial charge on any atom is 0.241 e. The van der Waals surface area contributed by atoms with Crippen LogP contribution in [0.25, 0.3) is 0 Å². The first kappa shape index (κ1) is 12.3. The van der Waals surface area contributed by atoms with E-state index in [0.29, 0.717) is 0 Å². The molecule has 0 saturated carbocycles. The molecule has 0 radical (unpaired) electrons. The highest BCUT2D eigenvalue weighted by Gasteiger charge is 2.24. The first-order valence-corrected chi connectivity index (χ1v) is 8.79. The van der Waals surface area contributed by atoms with Gasteiger partial charge in [0.1, 0.15) is 6.10 Å². The van der Waals surface area contributed by atoms with E-state index in [9.17, 15) is 5.11 Å². The predicted molar refractivity (Wildman–Crippen MR) is 61.5 cm³/mol. The molecule has 0 aliphatic heterocycles. The predicted octanol–water partition coefficient (Wildman–Crippen LogP) is 2.41. The molecular formula is C11H19NO2Si. The van der Waals surface area contributed by atoms with Gasteiger partial charge in [-0.1, -0.05) is 0 Å². The van der Waals surface area contributed by atoms with Gasteiger partial charge in [-0.3, -0.25) is 0 Å². The molecule has 1 aliphatic carbocycles. The molecule has 0 aromatic rings. The number of aliphatic hydroxyl groups is 1. The Balaban J connectivity index is 2.49. The molecule has 84 valence electrons. The minimum absolute atomic E-state index is 0.0870. The van der Waals surface area contributed by atoms with Crippen molar-refractivity contribution in [2.45, 2.75) is 45.0 Å². The van der Waals surface area contributed by atoms with Crippen LogP contribution in [0.5, 0.6) is 0 Å². The van der Waals surface area contributed by atoms with Crippen molar-refractivity contribution in [1.29, 1.82) is 5.26 Å². The fourth-order valence-corrected chi connectivity index (χ4v) is 2.68. The van der Waals surface area contributed by atoms with Crippen LogP contribution >= 0.6 is 0 Å². The first-order chi connectivity index (χ1) is 6.92. The minimum atomic E-state index is -1.50. The van der Waals surface area contributed by atoms with Gasteiger partial charge in [-0.05, 0) is 38.6 Å². The van der Waals surface area contributed by atoms with Crippen LogP contribution in [0.2, 0.25) is 19.6 Å².